The molecule has 1 N–H and O–H groups in total. The van der Waals surface area contributed by atoms with E-state index in [1.807, 2.05) is 6.92 Å². The topological polar surface area (TPSA) is 55.3 Å². The molecule has 8 heteroatoms. The van der Waals surface area contributed by atoms with Crippen LogP contribution in [0, 0.1) is 5.82 Å². The Hall–Kier alpha value is -1.13. The molecule has 170 valence electrons. The molecule has 0 bridgehead atoms. The number of hydrogen-bond acceptors (Lipinski definition) is 4. The molecule has 2 unspecified atom stereocenters. The number of piperidine rings is 1. The van der Waals surface area contributed by atoms with Crippen LogP contribution in [0.3, 0.4) is 0 Å². The lowest BCUT2D eigenvalue weighted by Crippen LogP contribution is -2.47. The number of ether oxygens (including phenoxy) is 3. The standard InChI is InChI=1S/C22H34FN3O3.HI/c1-3-24-22(25-15-17(2)29-20-8-6-18(23)7-9-20)26-12-10-19(11-13-26)28-16-21-5-4-14-27-21;/h6-9,17,19,21H,3-5,10-16H2,1-2H3,(H,24,25);1H. The van der Waals surface area contributed by atoms with Gasteiger partial charge < -0.3 is 24.4 Å². The van der Waals surface area contributed by atoms with E-state index in [-0.39, 0.29) is 42.0 Å². The fourth-order valence-corrected chi connectivity index (χ4v) is 3.68. The Labute approximate surface area is 196 Å². The molecule has 2 saturated heterocycles. The monoisotopic (exact) mass is 535 g/mol. The highest BCUT2D eigenvalue weighted by atomic mass is 127. The molecule has 0 aliphatic carbocycles. The normalized spacial score (nSPS) is 21.2. The van der Waals surface area contributed by atoms with Crippen LogP contribution in [-0.4, -0.2) is 68.6 Å². The molecule has 3 rings (SSSR count). The second-order valence-corrected chi connectivity index (χ2v) is 7.73. The van der Waals surface area contributed by atoms with Gasteiger partial charge in [0.2, 0.25) is 0 Å². The lowest BCUT2D eigenvalue weighted by atomic mass is 10.1. The van der Waals surface area contributed by atoms with Crippen molar-refractivity contribution in [1.82, 2.24) is 10.2 Å². The van der Waals surface area contributed by atoms with Gasteiger partial charge in [0.05, 0.1) is 25.4 Å². The maximum Gasteiger partial charge on any atom is 0.194 e. The van der Waals surface area contributed by atoms with Crippen LogP contribution in [0.5, 0.6) is 5.75 Å². The maximum absolute atomic E-state index is 13.0. The van der Waals surface area contributed by atoms with Crippen molar-refractivity contribution in [2.75, 3.05) is 39.4 Å². The number of nitrogens with one attached hydrogen (secondary N) is 1. The molecule has 0 radical (unpaired) electrons. The van der Waals surface area contributed by atoms with E-state index in [0.717, 1.165) is 64.5 Å². The average molecular weight is 535 g/mol. The number of hydrogen-bond donors (Lipinski definition) is 1. The molecule has 30 heavy (non-hydrogen) atoms. The number of guanidine groups is 1. The van der Waals surface area contributed by atoms with Crippen molar-refractivity contribution in [3.05, 3.63) is 30.1 Å². The average Bonchev–Trinajstić information content (AvgIpc) is 3.25. The maximum atomic E-state index is 13.0. The van der Waals surface area contributed by atoms with E-state index >= 15 is 0 Å². The third-order valence-corrected chi connectivity index (χ3v) is 5.27. The van der Waals surface area contributed by atoms with Gasteiger partial charge in [0.25, 0.3) is 0 Å². The number of nitrogens with zero attached hydrogens (tertiary/aromatic N) is 2. The van der Waals surface area contributed by atoms with Crippen LogP contribution in [0.15, 0.2) is 29.3 Å². The van der Waals surface area contributed by atoms with Crippen LogP contribution >= 0.6 is 24.0 Å². The van der Waals surface area contributed by atoms with Crippen LogP contribution < -0.4 is 10.1 Å². The Balaban J connectivity index is 0.00000320. The summed E-state index contributed by atoms with van der Waals surface area (Å²) in [7, 11) is 0. The summed E-state index contributed by atoms with van der Waals surface area (Å²) in [4.78, 5) is 7.05. The minimum Gasteiger partial charge on any atom is -0.489 e. The zero-order valence-corrected chi connectivity index (χ0v) is 20.3. The van der Waals surface area contributed by atoms with E-state index in [2.05, 4.69) is 17.1 Å². The fourth-order valence-electron chi connectivity index (χ4n) is 3.68. The summed E-state index contributed by atoms with van der Waals surface area (Å²) in [6.45, 7) is 8.85. The van der Waals surface area contributed by atoms with E-state index in [0.29, 0.717) is 18.4 Å². The molecule has 1 aromatic rings. The summed E-state index contributed by atoms with van der Waals surface area (Å²) in [5.41, 5.74) is 0. The SMILES string of the molecule is CCNC(=NCC(C)Oc1ccc(F)cc1)N1CCC(OCC2CCCO2)CC1.I. The molecular formula is C22H35FIN3O3. The second-order valence-electron chi connectivity index (χ2n) is 7.73. The third kappa shape index (κ3) is 8.19. The van der Waals surface area contributed by atoms with Gasteiger partial charge in [-0.2, -0.15) is 0 Å². The van der Waals surface area contributed by atoms with Crippen LogP contribution in [0.2, 0.25) is 0 Å². The van der Waals surface area contributed by atoms with Crippen LogP contribution in [0.4, 0.5) is 4.39 Å². The molecule has 2 heterocycles. The summed E-state index contributed by atoms with van der Waals surface area (Å²) in [6, 6.07) is 6.09. The van der Waals surface area contributed by atoms with E-state index in [1.165, 1.54) is 12.1 Å². The second kappa shape index (κ2) is 13.3. The number of benzene rings is 1. The van der Waals surface area contributed by atoms with E-state index < -0.39 is 0 Å². The minimum atomic E-state index is -0.263. The van der Waals surface area contributed by atoms with Crippen molar-refractivity contribution in [2.24, 2.45) is 4.99 Å². The van der Waals surface area contributed by atoms with Gasteiger partial charge in [-0.1, -0.05) is 0 Å². The Morgan fingerprint density at radius 3 is 2.63 bits per heavy atom. The van der Waals surface area contributed by atoms with Crippen molar-refractivity contribution in [1.29, 1.82) is 0 Å². The highest BCUT2D eigenvalue weighted by Gasteiger charge is 2.24. The molecule has 2 atom stereocenters. The largest absolute Gasteiger partial charge is 0.489 e. The first kappa shape index (κ1) is 25.1. The van der Waals surface area contributed by atoms with E-state index in [9.17, 15) is 4.39 Å². The Kier molecular flexibility index (Phi) is 11.2. The minimum absolute atomic E-state index is 0. The zero-order valence-electron chi connectivity index (χ0n) is 18.0. The molecule has 6 nitrogen and oxygen atoms in total. The lowest BCUT2D eigenvalue weighted by molar-refractivity contribution is -0.0367. The summed E-state index contributed by atoms with van der Waals surface area (Å²) in [5.74, 6) is 1.31. The van der Waals surface area contributed by atoms with Crippen LogP contribution in [0.1, 0.15) is 39.5 Å². The molecule has 2 fully saturated rings. The smallest absolute Gasteiger partial charge is 0.194 e. The third-order valence-electron chi connectivity index (χ3n) is 5.27. The fraction of sp³-hybridized carbons (Fsp3) is 0.682. The molecule has 0 aromatic heterocycles. The number of likely N-dealkylation sites (tertiary alicyclic amines) is 1. The first-order valence-electron chi connectivity index (χ1n) is 10.8. The van der Waals surface area contributed by atoms with Gasteiger partial charge in [-0.15, -0.1) is 24.0 Å². The molecular weight excluding hydrogens is 500 g/mol. The summed E-state index contributed by atoms with van der Waals surface area (Å²) in [6.07, 6.45) is 4.76. The highest BCUT2D eigenvalue weighted by Crippen LogP contribution is 2.18. The van der Waals surface area contributed by atoms with Gasteiger partial charge in [0.1, 0.15) is 17.7 Å². The van der Waals surface area contributed by atoms with Crippen LogP contribution in [-0.2, 0) is 9.47 Å². The number of rotatable bonds is 8. The summed E-state index contributed by atoms with van der Waals surface area (Å²) in [5, 5.41) is 3.38. The lowest BCUT2D eigenvalue weighted by Gasteiger charge is -2.34. The van der Waals surface area contributed by atoms with E-state index in [4.69, 9.17) is 19.2 Å². The summed E-state index contributed by atoms with van der Waals surface area (Å²) >= 11 is 0. The van der Waals surface area contributed by atoms with Crippen molar-refractivity contribution in [3.8, 4) is 5.75 Å². The molecule has 2 aliphatic heterocycles. The molecule has 0 spiro atoms. The first-order chi connectivity index (χ1) is 14.1. The Morgan fingerprint density at radius 2 is 2.00 bits per heavy atom. The quantitative estimate of drug-likeness (QED) is 0.312. The predicted molar refractivity (Wildman–Crippen MR) is 127 cm³/mol. The van der Waals surface area contributed by atoms with Crippen molar-refractivity contribution >= 4 is 29.9 Å². The molecule has 0 saturated carbocycles. The molecule has 0 amide bonds. The summed E-state index contributed by atoms with van der Waals surface area (Å²) < 4.78 is 30.6. The van der Waals surface area contributed by atoms with Crippen molar-refractivity contribution in [3.63, 3.8) is 0 Å². The first-order valence-corrected chi connectivity index (χ1v) is 10.8. The van der Waals surface area contributed by atoms with Crippen molar-refractivity contribution in [2.45, 2.75) is 57.8 Å². The molecule has 1 aromatic carbocycles. The Morgan fingerprint density at radius 1 is 1.27 bits per heavy atom. The zero-order chi connectivity index (χ0) is 20.5. The van der Waals surface area contributed by atoms with Gasteiger partial charge in [0.15, 0.2) is 5.96 Å². The van der Waals surface area contributed by atoms with Crippen molar-refractivity contribution < 1.29 is 18.6 Å². The predicted octanol–water partition coefficient (Wildman–Crippen LogP) is 3.84. The van der Waals surface area contributed by atoms with Gasteiger partial charge in [-0.3, -0.25) is 0 Å². The van der Waals surface area contributed by atoms with Gasteiger partial charge in [-0.25, -0.2) is 9.38 Å². The van der Waals surface area contributed by atoms with Gasteiger partial charge in [-0.05, 0) is 63.8 Å². The Bertz CT molecular complexity index is 633. The number of aliphatic imine (C=N–C) groups is 1. The van der Waals surface area contributed by atoms with Gasteiger partial charge in [0, 0.05) is 26.2 Å². The highest BCUT2D eigenvalue weighted by molar-refractivity contribution is 14.0. The van der Waals surface area contributed by atoms with Crippen LogP contribution in [0.25, 0.3) is 0 Å². The van der Waals surface area contributed by atoms with E-state index in [1.54, 1.807) is 12.1 Å². The van der Waals surface area contributed by atoms with Gasteiger partial charge >= 0.3 is 0 Å². The molecule has 2 aliphatic rings. The number of halogens is 2.